The van der Waals surface area contributed by atoms with E-state index < -0.39 is 0 Å². The summed E-state index contributed by atoms with van der Waals surface area (Å²) in [7, 11) is 2.74. The standard InChI is InChI=1S/C10H17NO2.C5H12O.CH4O/c1-9(2)6-7-11(3)10(13)5-4-8-12;1-5(2)3-4-6;1-2/h4-5,8-9H,6-7H2,1-3H3;5-6H,3-4H2,1-2H3;2H,1H3/b5-4-;;. The van der Waals surface area contributed by atoms with Crippen LogP contribution in [0.2, 0.25) is 0 Å². The van der Waals surface area contributed by atoms with Gasteiger partial charge in [-0.1, -0.05) is 27.7 Å². The molecule has 0 aliphatic heterocycles. The van der Waals surface area contributed by atoms with Crippen molar-refractivity contribution in [3.63, 3.8) is 0 Å². The van der Waals surface area contributed by atoms with E-state index in [1.54, 1.807) is 11.9 Å². The van der Waals surface area contributed by atoms with Crippen LogP contribution in [0, 0.1) is 11.8 Å². The number of rotatable bonds is 7. The molecule has 5 nitrogen and oxygen atoms in total. The first-order valence-electron chi connectivity index (χ1n) is 7.27. The van der Waals surface area contributed by atoms with Crippen LogP contribution in [0.15, 0.2) is 12.2 Å². The Morgan fingerprint density at radius 2 is 1.57 bits per heavy atom. The van der Waals surface area contributed by atoms with Gasteiger partial charge in [0, 0.05) is 33.4 Å². The molecule has 1 amide bonds. The molecule has 21 heavy (non-hydrogen) atoms. The minimum atomic E-state index is -0.118. The number of aliphatic hydroxyl groups is 2. The summed E-state index contributed by atoms with van der Waals surface area (Å²) in [5, 5.41) is 15.2. The van der Waals surface area contributed by atoms with Crippen LogP contribution in [0.1, 0.15) is 40.5 Å². The molecule has 0 rings (SSSR count). The summed E-state index contributed by atoms with van der Waals surface area (Å²) >= 11 is 0. The fourth-order valence-corrected chi connectivity index (χ4v) is 1.07. The van der Waals surface area contributed by atoms with Gasteiger partial charge in [0.05, 0.1) is 0 Å². The second-order valence-electron chi connectivity index (χ2n) is 5.34. The molecule has 126 valence electrons. The maximum atomic E-state index is 11.2. The highest BCUT2D eigenvalue weighted by Gasteiger charge is 2.04. The Morgan fingerprint density at radius 3 is 1.86 bits per heavy atom. The Labute approximate surface area is 129 Å². The van der Waals surface area contributed by atoms with Gasteiger partial charge >= 0.3 is 0 Å². The van der Waals surface area contributed by atoms with Crippen LogP contribution in [-0.4, -0.2) is 54.6 Å². The molecule has 0 spiro atoms. The third-order valence-corrected chi connectivity index (χ3v) is 2.44. The quantitative estimate of drug-likeness (QED) is 0.556. The van der Waals surface area contributed by atoms with E-state index in [0.29, 0.717) is 24.7 Å². The lowest BCUT2D eigenvalue weighted by molar-refractivity contribution is -0.125. The number of allylic oxidation sites excluding steroid dienone is 1. The smallest absolute Gasteiger partial charge is 0.246 e. The maximum Gasteiger partial charge on any atom is 0.246 e. The summed E-state index contributed by atoms with van der Waals surface area (Å²) in [4.78, 5) is 22.7. The normalized spacial score (nSPS) is 9.81. The molecule has 0 aliphatic carbocycles. The summed E-state index contributed by atoms with van der Waals surface area (Å²) < 4.78 is 0. The molecule has 0 unspecified atom stereocenters. The van der Waals surface area contributed by atoms with Crippen molar-refractivity contribution in [2.24, 2.45) is 11.8 Å². The van der Waals surface area contributed by atoms with Gasteiger partial charge < -0.3 is 15.1 Å². The first kappa shape index (κ1) is 24.8. The van der Waals surface area contributed by atoms with Gasteiger partial charge in [0.25, 0.3) is 0 Å². The van der Waals surface area contributed by atoms with Crippen LogP contribution in [0.5, 0.6) is 0 Å². The molecule has 0 aliphatic rings. The van der Waals surface area contributed by atoms with Crippen LogP contribution >= 0.6 is 0 Å². The van der Waals surface area contributed by atoms with Crippen molar-refractivity contribution >= 4 is 12.2 Å². The van der Waals surface area contributed by atoms with E-state index in [1.807, 2.05) is 0 Å². The minimum absolute atomic E-state index is 0.118. The number of hydrogen-bond acceptors (Lipinski definition) is 4. The van der Waals surface area contributed by atoms with Crippen LogP contribution in [0.3, 0.4) is 0 Å². The van der Waals surface area contributed by atoms with Gasteiger partial charge in [0.2, 0.25) is 5.91 Å². The number of amides is 1. The van der Waals surface area contributed by atoms with Crippen LogP contribution < -0.4 is 0 Å². The van der Waals surface area contributed by atoms with Crippen molar-refractivity contribution in [2.75, 3.05) is 27.3 Å². The molecule has 0 radical (unpaired) electrons. The largest absolute Gasteiger partial charge is 0.400 e. The van der Waals surface area contributed by atoms with E-state index in [2.05, 4.69) is 27.7 Å². The molecule has 0 aromatic heterocycles. The van der Waals surface area contributed by atoms with E-state index >= 15 is 0 Å². The summed E-state index contributed by atoms with van der Waals surface area (Å²) in [5.74, 6) is 1.12. The highest BCUT2D eigenvalue weighted by atomic mass is 16.3. The van der Waals surface area contributed by atoms with Gasteiger partial charge in [-0.05, 0) is 30.8 Å². The molecule has 5 heteroatoms. The summed E-state index contributed by atoms with van der Waals surface area (Å²) in [6.45, 7) is 9.48. The average molecular weight is 303 g/mol. The lowest BCUT2D eigenvalue weighted by Gasteiger charge is -2.15. The topological polar surface area (TPSA) is 77.8 Å². The number of aliphatic hydroxyl groups excluding tert-OH is 2. The zero-order valence-electron chi connectivity index (χ0n) is 14.4. The molecule has 2 N–H and O–H groups in total. The first-order valence-corrected chi connectivity index (χ1v) is 7.27. The van der Waals surface area contributed by atoms with Crippen molar-refractivity contribution < 1.29 is 19.8 Å². The van der Waals surface area contributed by atoms with Gasteiger partial charge in [0.15, 0.2) is 0 Å². The predicted molar refractivity (Wildman–Crippen MR) is 87.0 cm³/mol. The van der Waals surface area contributed by atoms with E-state index in [9.17, 15) is 9.59 Å². The van der Waals surface area contributed by atoms with Gasteiger partial charge in [-0.25, -0.2) is 0 Å². The number of carbonyl (C=O) groups is 2. The van der Waals surface area contributed by atoms with Gasteiger partial charge in [-0.2, -0.15) is 0 Å². The third kappa shape index (κ3) is 24.2. The van der Waals surface area contributed by atoms with Crippen LogP contribution in [0.4, 0.5) is 0 Å². The number of nitrogens with zero attached hydrogens (tertiary/aromatic N) is 1. The summed E-state index contributed by atoms with van der Waals surface area (Å²) in [6.07, 6.45) is 5.02. The maximum absolute atomic E-state index is 11.2. The Morgan fingerprint density at radius 1 is 1.10 bits per heavy atom. The van der Waals surface area contributed by atoms with E-state index in [0.717, 1.165) is 26.5 Å². The van der Waals surface area contributed by atoms with Crippen LogP contribution in [-0.2, 0) is 9.59 Å². The van der Waals surface area contributed by atoms with Crippen molar-refractivity contribution in [3.8, 4) is 0 Å². The Bertz CT molecular complexity index is 263. The molecule has 0 aromatic carbocycles. The molecule has 0 bridgehead atoms. The Hall–Kier alpha value is -1.20. The molecule has 0 saturated carbocycles. The number of carbonyl (C=O) groups excluding carboxylic acids is 2. The molecule has 0 aromatic rings. The molecule has 0 fully saturated rings. The summed E-state index contributed by atoms with van der Waals surface area (Å²) in [5.41, 5.74) is 0. The molecule has 0 heterocycles. The second-order valence-corrected chi connectivity index (χ2v) is 5.34. The molecular formula is C16H33NO4. The zero-order chi connectivity index (χ0) is 17.3. The van der Waals surface area contributed by atoms with E-state index in [1.165, 1.54) is 12.2 Å². The lowest BCUT2D eigenvalue weighted by Crippen LogP contribution is -2.26. The SMILES string of the molecule is CC(C)CCN(C)C(=O)/C=C\C=O.CC(C)CCO.CO. The van der Waals surface area contributed by atoms with Gasteiger partial charge in [-0.15, -0.1) is 0 Å². The fourth-order valence-electron chi connectivity index (χ4n) is 1.07. The Kier molecular flexibility index (Phi) is 22.2. The molecular weight excluding hydrogens is 270 g/mol. The lowest BCUT2D eigenvalue weighted by atomic mass is 10.1. The summed E-state index contributed by atoms with van der Waals surface area (Å²) in [6, 6.07) is 0. The first-order chi connectivity index (χ1) is 9.84. The third-order valence-electron chi connectivity index (χ3n) is 2.44. The number of aldehydes is 1. The highest BCUT2D eigenvalue weighted by molar-refractivity contribution is 5.90. The van der Waals surface area contributed by atoms with E-state index in [-0.39, 0.29) is 5.91 Å². The van der Waals surface area contributed by atoms with E-state index in [4.69, 9.17) is 10.2 Å². The average Bonchev–Trinajstić information content (AvgIpc) is 2.44. The minimum Gasteiger partial charge on any atom is -0.400 e. The number of hydrogen-bond donors (Lipinski definition) is 2. The van der Waals surface area contributed by atoms with Crippen molar-refractivity contribution in [1.82, 2.24) is 4.90 Å². The zero-order valence-corrected chi connectivity index (χ0v) is 14.4. The van der Waals surface area contributed by atoms with Crippen LogP contribution in [0.25, 0.3) is 0 Å². The van der Waals surface area contributed by atoms with Crippen molar-refractivity contribution in [2.45, 2.75) is 40.5 Å². The van der Waals surface area contributed by atoms with Gasteiger partial charge in [-0.3, -0.25) is 9.59 Å². The monoisotopic (exact) mass is 303 g/mol. The molecule has 0 atom stereocenters. The van der Waals surface area contributed by atoms with Crippen molar-refractivity contribution in [3.05, 3.63) is 12.2 Å². The fraction of sp³-hybridized carbons (Fsp3) is 0.750. The van der Waals surface area contributed by atoms with Crippen molar-refractivity contribution in [1.29, 1.82) is 0 Å². The second kappa shape index (κ2) is 18.8. The highest BCUT2D eigenvalue weighted by Crippen LogP contribution is 2.00. The predicted octanol–water partition coefficient (Wildman–Crippen LogP) is 1.88. The Balaban J connectivity index is -0.000000339. The molecule has 0 saturated heterocycles. The van der Waals surface area contributed by atoms with Gasteiger partial charge in [0.1, 0.15) is 6.29 Å². The number of likely N-dealkylation sites (N-methyl/N-ethyl adjacent to an activating group) is 1.